The van der Waals surface area contributed by atoms with Crippen molar-refractivity contribution in [2.24, 2.45) is 0 Å². The lowest BCUT2D eigenvalue weighted by atomic mass is 10.0. The van der Waals surface area contributed by atoms with Crippen molar-refractivity contribution in [1.29, 1.82) is 0 Å². The number of fused-ring (bicyclic) bond motifs is 1. The van der Waals surface area contributed by atoms with Gasteiger partial charge in [-0.05, 0) is 29.3 Å². The van der Waals surface area contributed by atoms with Crippen LogP contribution in [0.1, 0.15) is 5.56 Å². The molecule has 2 aromatic rings. The molecule has 16 heavy (non-hydrogen) atoms. The van der Waals surface area contributed by atoms with Crippen molar-refractivity contribution in [3.05, 3.63) is 42.2 Å². The van der Waals surface area contributed by atoms with Crippen molar-refractivity contribution in [3.8, 4) is 16.9 Å². The first kappa shape index (κ1) is 9.21. The molecular formula is C13H12N2O. The molecular weight excluding hydrogens is 200 g/mol. The number of ether oxygens (including phenoxy) is 1. The van der Waals surface area contributed by atoms with Crippen LogP contribution in [0.5, 0.6) is 5.75 Å². The number of nitrogens with two attached hydrogens (primary N) is 1. The number of aromatic nitrogens is 1. The van der Waals surface area contributed by atoms with Crippen LogP contribution in [-0.2, 0) is 6.42 Å². The maximum atomic E-state index is 5.93. The van der Waals surface area contributed by atoms with Gasteiger partial charge in [0, 0.05) is 30.1 Å². The van der Waals surface area contributed by atoms with Crippen LogP contribution < -0.4 is 10.5 Å². The highest BCUT2D eigenvalue weighted by atomic mass is 16.5. The van der Waals surface area contributed by atoms with Gasteiger partial charge in [-0.25, -0.2) is 0 Å². The lowest BCUT2D eigenvalue weighted by Gasteiger charge is -2.06. The average molecular weight is 212 g/mol. The van der Waals surface area contributed by atoms with E-state index in [1.165, 1.54) is 5.56 Å². The molecule has 2 heterocycles. The molecule has 0 fully saturated rings. The summed E-state index contributed by atoms with van der Waals surface area (Å²) < 4.78 is 5.47. The zero-order valence-electron chi connectivity index (χ0n) is 8.81. The number of anilines is 1. The zero-order valence-corrected chi connectivity index (χ0v) is 8.81. The third-order valence-corrected chi connectivity index (χ3v) is 2.86. The molecule has 1 aliphatic heterocycles. The Morgan fingerprint density at radius 3 is 3.06 bits per heavy atom. The molecule has 3 rings (SSSR count). The number of nitrogen functional groups attached to an aromatic ring is 1. The smallest absolute Gasteiger partial charge is 0.122 e. The maximum Gasteiger partial charge on any atom is 0.122 e. The molecule has 0 aliphatic carbocycles. The van der Waals surface area contributed by atoms with Crippen molar-refractivity contribution >= 4 is 5.69 Å². The van der Waals surface area contributed by atoms with Crippen molar-refractivity contribution in [2.45, 2.75) is 6.42 Å². The SMILES string of the molecule is Nc1ccncc1-c1ccc2c(c1)CCO2. The summed E-state index contributed by atoms with van der Waals surface area (Å²) in [6.45, 7) is 0.779. The normalized spacial score (nSPS) is 13.2. The highest BCUT2D eigenvalue weighted by Crippen LogP contribution is 2.32. The Hall–Kier alpha value is -2.03. The Morgan fingerprint density at radius 2 is 2.19 bits per heavy atom. The minimum Gasteiger partial charge on any atom is -0.493 e. The summed E-state index contributed by atoms with van der Waals surface area (Å²) in [6.07, 6.45) is 4.48. The molecule has 1 aromatic heterocycles. The van der Waals surface area contributed by atoms with Gasteiger partial charge in [-0.3, -0.25) is 4.98 Å². The first-order valence-corrected chi connectivity index (χ1v) is 5.30. The Morgan fingerprint density at radius 1 is 1.25 bits per heavy atom. The topological polar surface area (TPSA) is 48.1 Å². The van der Waals surface area contributed by atoms with Crippen LogP contribution in [0.3, 0.4) is 0 Å². The van der Waals surface area contributed by atoms with Crippen molar-refractivity contribution in [3.63, 3.8) is 0 Å². The zero-order chi connectivity index (χ0) is 11.0. The molecule has 0 unspecified atom stereocenters. The van der Waals surface area contributed by atoms with Gasteiger partial charge in [-0.1, -0.05) is 6.07 Å². The summed E-state index contributed by atoms with van der Waals surface area (Å²) in [5.41, 5.74) is 10.0. The number of benzene rings is 1. The second-order valence-corrected chi connectivity index (χ2v) is 3.88. The van der Waals surface area contributed by atoms with Gasteiger partial charge in [0.2, 0.25) is 0 Å². The summed E-state index contributed by atoms with van der Waals surface area (Å²) >= 11 is 0. The molecule has 1 aromatic carbocycles. The fraction of sp³-hybridized carbons (Fsp3) is 0.154. The van der Waals surface area contributed by atoms with Crippen LogP contribution in [-0.4, -0.2) is 11.6 Å². The van der Waals surface area contributed by atoms with Gasteiger partial charge in [0.1, 0.15) is 5.75 Å². The van der Waals surface area contributed by atoms with Crippen LogP contribution in [0.25, 0.3) is 11.1 Å². The standard InChI is InChI=1S/C13H12N2O/c14-12-3-5-15-8-11(12)9-1-2-13-10(7-9)4-6-16-13/h1-3,5,7-8H,4,6H2,(H2,14,15). The number of pyridine rings is 1. The number of nitrogens with zero attached hydrogens (tertiary/aromatic N) is 1. The molecule has 2 N–H and O–H groups in total. The van der Waals surface area contributed by atoms with E-state index in [0.717, 1.165) is 35.6 Å². The van der Waals surface area contributed by atoms with Crippen LogP contribution in [0.4, 0.5) is 5.69 Å². The average Bonchev–Trinajstić information content (AvgIpc) is 2.76. The summed E-state index contributed by atoms with van der Waals surface area (Å²) in [5.74, 6) is 0.992. The Bertz CT molecular complexity index is 537. The van der Waals surface area contributed by atoms with E-state index in [0.29, 0.717) is 0 Å². The number of hydrogen-bond acceptors (Lipinski definition) is 3. The Kier molecular flexibility index (Phi) is 2.03. The van der Waals surface area contributed by atoms with Crippen LogP contribution in [0.2, 0.25) is 0 Å². The van der Waals surface area contributed by atoms with Gasteiger partial charge in [0.15, 0.2) is 0 Å². The second kappa shape index (κ2) is 3.52. The van der Waals surface area contributed by atoms with Gasteiger partial charge in [0.25, 0.3) is 0 Å². The van der Waals surface area contributed by atoms with Crippen LogP contribution in [0.15, 0.2) is 36.7 Å². The highest BCUT2D eigenvalue weighted by Gasteiger charge is 2.13. The highest BCUT2D eigenvalue weighted by molar-refractivity contribution is 5.76. The summed E-state index contributed by atoms with van der Waals surface area (Å²) in [4.78, 5) is 4.10. The molecule has 3 nitrogen and oxygen atoms in total. The predicted octanol–water partition coefficient (Wildman–Crippen LogP) is 2.27. The van der Waals surface area contributed by atoms with Gasteiger partial charge >= 0.3 is 0 Å². The molecule has 0 saturated carbocycles. The van der Waals surface area contributed by atoms with Gasteiger partial charge < -0.3 is 10.5 Å². The molecule has 3 heteroatoms. The van der Waals surface area contributed by atoms with Crippen LogP contribution in [0, 0.1) is 0 Å². The molecule has 0 spiro atoms. The lowest BCUT2D eigenvalue weighted by molar-refractivity contribution is 0.357. The summed E-state index contributed by atoms with van der Waals surface area (Å²) in [5, 5.41) is 0. The minimum absolute atomic E-state index is 0.758. The minimum atomic E-state index is 0.758. The van der Waals surface area contributed by atoms with Gasteiger partial charge in [-0.2, -0.15) is 0 Å². The van der Waals surface area contributed by atoms with Crippen molar-refractivity contribution in [1.82, 2.24) is 4.98 Å². The monoisotopic (exact) mass is 212 g/mol. The largest absolute Gasteiger partial charge is 0.493 e. The van der Waals surface area contributed by atoms with E-state index < -0.39 is 0 Å². The fourth-order valence-corrected chi connectivity index (χ4v) is 2.00. The van der Waals surface area contributed by atoms with Crippen LogP contribution >= 0.6 is 0 Å². The van der Waals surface area contributed by atoms with Gasteiger partial charge in [0.05, 0.1) is 6.61 Å². The Labute approximate surface area is 93.9 Å². The van der Waals surface area contributed by atoms with E-state index >= 15 is 0 Å². The summed E-state index contributed by atoms with van der Waals surface area (Å²) in [6, 6.07) is 7.98. The second-order valence-electron chi connectivity index (χ2n) is 3.88. The van der Waals surface area contributed by atoms with E-state index in [4.69, 9.17) is 10.5 Å². The number of rotatable bonds is 1. The van der Waals surface area contributed by atoms with E-state index in [-0.39, 0.29) is 0 Å². The molecule has 1 aliphatic rings. The number of hydrogen-bond donors (Lipinski definition) is 1. The van der Waals surface area contributed by atoms with E-state index in [1.54, 1.807) is 12.4 Å². The molecule has 0 saturated heterocycles. The van der Waals surface area contributed by atoms with E-state index in [9.17, 15) is 0 Å². The summed E-state index contributed by atoms with van der Waals surface area (Å²) in [7, 11) is 0. The molecule has 0 atom stereocenters. The Balaban J connectivity index is 2.11. The maximum absolute atomic E-state index is 5.93. The fourth-order valence-electron chi connectivity index (χ4n) is 2.00. The molecule has 0 amide bonds. The quantitative estimate of drug-likeness (QED) is 0.788. The molecule has 0 bridgehead atoms. The molecule has 0 radical (unpaired) electrons. The third kappa shape index (κ3) is 1.41. The van der Waals surface area contributed by atoms with E-state index in [2.05, 4.69) is 11.1 Å². The first-order valence-electron chi connectivity index (χ1n) is 5.30. The first-order chi connectivity index (χ1) is 7.84. The predicted molar refractivity (Wildman–Crippen MR) is 63.3 cm³/mol. The lowest BCUT2D eigenvalue weighted by Crippen LogP contribution is -1.91. The van der Waals surface area contributed by atoms with Crippen molar-refractivity contribution < 1.29 is 4.74 Å². The van der Waals surface area contributed by atoms with Crippen molar-refractivity contribution in [2.75, 3.05) is 12.3 Å². The molecule has 80 valence electrons. The van der Waals surface area contributed by atoms with Gasteiger partial charge in [-0.15, -0.1) is 0 Å². The van der Waals surface area contributed by atoms with E-state index in [1.807, 2.05) is 18.2 Å². The third-order valence-electron chi connectivity index (χ3n) is 2.86.